The molecule has 1 aliphatic rings. The van der Waals surface area contributed by atoms with Gasteiger partial charge in [-0.3, -0.25) is 9.59 Å². The van der Waals surface area contributed by atoms with Crippen LogP contribution in [0.1, 0.15) is 49.0 Å². The van der Waals surface area contributed by atoms with Crippen molar-refractivity contribution < 1.29 is 19.8 Å². The van der Waals surface area contributed by atoms with E-state index in [4.69, 9.17) is 5.11 Å². The van der Waals surface area contributed by atoms with Crippen LogP contribution in [0, 0.1) is 0 Å². The first kappa shape index (κ1) is 18.9. The van der Waals surface area contributed by atoms with E-state index < -0.39 is 6.61 Å². The Morgan fingerprint density at radius 2 is 2.00 bits per heavy atom. The summed E-state index contributed by atoms with van der Waals surface area (Å²) in [4.78, 5) is 28.5. The molecule has 1 aromatic carbocycles. The largest absolute Gasteiger partial charge is 0.392 e. The summed E-state index contributed by atoms with van der Waals surface area (Å²) in [6, 6.07) is 9.40. The summed E-state index contributed by atoms with van der Waals surface area (Å²) in [6.07, 6.45) is 0. The van der Waals surface area contributed by atoms with E-state index in [9.17, 15) is 14.7 Å². The maximum Gasteiger partial charge on any atom is 0.270 e. The highest BCUT2D eigenvalue weighted by Crippen LogP contribution is 2.35. The Morgan fingerprint density at radius 3 is 2.71 bits per heavy atom. The number of hydrogen-bond donors (Lipinski definition) is 2. The third kappa shape index (κ3) is 3.05. The number of ketones is 1. The zero-order chi connectivity index (χ0) is 20.0. The molecule has 2 N–H and O–H groups in total. The number of hydrogen-bond acceptors (Lipinski definition) is 5. The van der Waals surface area contributed by atoms with Gasteiger partial charge in [0, 0.05) is 29.4 Å². The fourth-order valence-corrected chi connectivity index (χ4v) is 5.11. The van der Waals surface area contributed by atoms with Crippen molar-refractivity contribution in [2.45, 2.75) is 26.0 Å². The molecule has 0 radical (unpaired) electrons. The third-order valence-corrected chi connectivity index (χ3v) is 6.59. The molecule has 0 saturated carbocycles. The molecule has 1 aliphatic heterocycles. The van der Waals surface area contributed by atoms with E-state index in [1.807, 2.05) is 53.8 Å². The second kappa shape index (κ2) is 7.16. The van der Waals surface area contributed by atoms with Gasteiger partial charge >= 0.3 is 0 Å². The number of aryl methyl sites for hydroxylation is 1. The first-order valence-electron chi connectivity index (χ1n) is 9.18. The highest BCUT2D eigenvalue weighted by molar-refractivity contribution is 7.14. The molecule has 1 atom stereocenters. The van der Waals surface area contributed by atoms with Gasteiger partial charge in [0.1, 0.15) is 12.3 Å². The number of amides is 1. The summed E-state index contributed by atoms with van der Waals surface area (Å²) >= 11 is 1.36. The molecule has 146 valence electrons. The van der Waals surface area contributed by atoms with Crippen LogP contribution in [0.5, 0.6) is 0 Å². The standard InChI is InChI=1S/C21H22N2O4S/c1-12-8-23(9-20-15(12)7-19(28-20)18(26)11-25)21(27)17-6-14-5-13(10-24)3-4-16(14)22(17)2/h3-7,12,24-25H,8-11H2,1-2H3. The smallest absolute Gasteiger partial charge is 0.270 e. The van der Waals surface area contributed by atoms with Crippen molar-refractivity contribution in [2.24, 2.45) is 7.05 Å². The number of rotatable bonds is 4. The van der Waals surface area contributed by atoms with E-state index in [0.29, 0.717) is 23.7 Å². The average Bonchev–Trinajstić information content (AvgIpc) is 3.28. The highest BCUT2D eigenvalue weighted by atomic mass is 32.1. The van der Waals surface area contributed by atoms with Gasteiger partial charge in [-0.2, -0.15) is 0 Å². The molecule has 3 aromatic rings. The minimum Gasteiger partial charge on any atom is -0.392 e. The first-order chi connectivity index (χ1) is 13.4. The van der Waals surface area contributed by atoms with Crippen LogP contribution in [0.3, 0.4) is 0 Å². The summed E-state index contributed by atoms with van der Waals surface area (Å²) < 4.78 is 1.88. The number of aliphatic hydroxyl groups is 2. The van der Waals surface area contributed by atoms with Gasteiger partial charge in [0.05, 0.1) is 18.0 Å². The van der Waals surface area contributed by atoms with E-state index in [1.54, 1.807) is 0 Å². The Labute approximate surface area is 166 Å². The molecule has 28 heavy (non-hydrogen) atoms. The number of carbonyl (C=O) groups excluding carboxylic acids is 2. The Balaban J connectivity index is 1.66. The summed E-state index contributed by atoms with van der Waals surface area (Å²) in [7, 11) is 1.87. The van der Waals surface area contributed by atoms with Crippen LogP contribution in [0.2, 0.25) is 0 Å². The molecule has 3 heterocycles. The van der Waals surface area contributed by atoms with Crippen molar-refractivity contribution in [2.75, 3.05) is 13.2 Å². The maximum atomic E-state index is 13.3. The lowest BCUT2D eigenvalue weighted by Gasteiger charge is -2.31. The Kier molecular flexibility index (Phi) is 4.82. The number of aromatic nitrogens is 1. The van der Waals surface area contributed by atoms with Gasteiger partial charge in [-0.15, -0.1) is 11.3 Å². The molecule has 0 saturated heterocycles. The predicted molar refractivity (Wildman–Crippen MR) is 108 cm³/mol. The van der Waals surface area contributed by atoms with Crippen molar-refractivity contribution in [1.29, 1.82) is 0 Å². The third-order valence-electron chi connectivity index (χ3n) is 5.42. The SMILES string of the molecule is CC1CN(C(=O)c2cc3cc(CO)ccc3n2C)Cc2sc(C(=O)CO)cc21. The Hall–Kier alpha value is -2.48. The van der Waals surface area contributed by atoms with E-state index in [-0.39, 0.29) is 24.2 Å². The van der Waals surface area contributed by atoms with E-state index in [1.165, 1.54) is 11.3 Å². The minimum atomic E-state index is -0.498. The minimum absolute atomic E-state index is 0.0339. The van der Waals surface area contributed by atoms with Crippen LogP contribution in [0.25, 0.3) is 10.9 Å². The van der Waals surface area contributed by atoms with Gasteiger partial charge in [0.2, 0.25) is 0 Å². The summed E-state index contributed by atoms with van der Waals surface area (Å²) in [5.41, 5.74) is 3.45. The lowest BCUT2D eigenvalue weighted by molar-refractivity contribution is 0.0714. The molecule has 6 nitrogen and oxygen atoms in total. The number of carbonyl (C=O) groups is 2. The summed E-state index contributed by atoms with van der Waals surface area (Å²) in [5, 5.41) is 19.4. The zero-order valence-electron chi connectivity index (χ0n) is 15.8. The van der Waals surface area contributed by atoms with Gasteiger partial charge < -0.3 is 19.7 Å². The number of fused-ring (bicyclic) bond motifs is 2. The van der Waals surface area contributed by atoms with Crippen molar-refractivity contribution in [3.05, 3.63) is 56.9 Å². The molecule has 1 amide bonds. The number of benzene rings is 1. The van der Waals surface area contributed by atoms with Crippen molar-refractivity contribution in [3.63, 3.8) is 0 Å². The number of thiophene rings is 1. The van der Waals surface area contributed by atoms with Crippen molar-refractivity contribution >= 4 is 33.9 Å². The number of nitrogens with zero attached hydrogens (tertiary/aromatic N) is 2. The molecule has 7 heteroatoms. The number of Topliss-reactive ketones (excluding diaryl/α,β-unsaturated/α-hetero) is 1. The second-order valence-corrected chi connectivity index (χ2v) is 8.43. The molecule has 4 rings (SSSR count). The highest BCUT2D eigenvalue weighted by Gasteiger charge is 2.30. The molecule has 2 aromatic heterocycles. The zero-order valence-corrected chi connectivity index (χ0v) is 16.6. The lowest BCUT2D eigenvalue weighted by Crippen LogP contribution is -2.37. The fraction of sp³-hybridized carbons (Fsp3) is 0.333. The number of aliphatic hydroxyl groups excluding tert-OH is 2. The Bertz CT molecular complexity index is 1080. The quantitative estimate of drug-likeness (QED) is 0.662. The van der Waals surface area contributed by atoms with Gasteiger partial charge in [-0.1, -0.05) is 13.0 Å². The molecule has 0 aliphatic carbocycles. The molecule has 0 fully saturated rings. The Morgan fingerprint density at radius 1 is 1.21 bits per heavy atom. The molecular weight excluding hydrogens is 376 g/mol. The topological polar surface area (TPSA) is 82.8 Å². The van der Waals surface area contributed by atoms with Crippen molar-refractivity contribution in [3.8, 4) is 0 Å². The van der Waals surface area contributed by atoms with Gasteiger partial charge in [0.15, 0.2) is 5.78 Å². The molecule has 1 unspecified atom stereocenters. The predicted octanol–water partition coefficient (Wildman–Crippen LogP) is 2.67. The second-order valence-electron chi connectivity index (χ2n) is 7.30. The van der Waals surface area contributed by atoms with Crippen LogP contribution in [0.4, 0.5) is 0 Å². The van der Waals surface area contributed by atoms with Gasteiger partial charge in [0.25, 0.3) is 5.91 Å². The van der Waals surface area contributed by atoms with Crippen LogP contribution >= 0.6 is 11.3 Å². The lowest BCUT2D eigenvalue weighted by atomic mass is 9.96. The van der Waals surface area contributed by atoms with Gasteiger partial charge in [-0.25, -0.2) is 0 Å². The summed E-state index contributed by atoms with van der Waals surface area (Å²) in [6.45, 7) is 2.56. The molecule has 0 bridgehead atoms. The van der Waals surface area contributed by atoms with E-state index >= 15 is 0 Å². The maximum absolute atomic E-state index is 13.3. The average molecular weight is 398 g/mol. The fourth-order valence-electron chi connectivity index (χ4n) is 3.88. The van der Waals surface area contributed by atoms with Crippen LogP contribution in [0.15, 0.2) is 30.3 Å². The molecular formula is C21H22N2O4S. The van der Waals surface area contributed by atoms with Crippen LogP contribution in [-0.2, 0) is 20.2 Å². The van der Waals surface area contributed by atoms with Crippen LogP contribution < -0.4 is 0 Å². The first-order valence-corrected chi connectivity index (χ1v) is 9.99. The van der Waals surface area contributed by atoms with Gasteiger partial charge in [-0.05, 0) is 41.3 Å². The van der Waals surface area contributed by atoms with E-state index in [2.05, 4.69) is 0 Å². The summed E-state index contributed by atoms with van der Waals surface area (Å²) in [5.74, 6) is -0.206. The van der Waals surface area contributed by atoms with E-state index in [0.717, 1.165) is 26.9 Å². The monoisotopic (exact) mass is 398 g/mol. The van der Waals surface area contributed by atoms with Crippen molar-refractivity contribution in [1.82, 2.24) is 9.47 Å². The van der Waals surface area contributed by atoms with Crippen LogP contribution in [-0.4, -0.2) is 44.5 Å². The normalized spacial score (nSPS) is 16.4. The molecule has 0 spiro atoms.